The number of fused-ring (bicyclic) bond motifs is 3. The monoisotopic (exact) mass is 371 g/mol. The van der Waals surface area contributed by atoms with Crippen molar-refractivity contribution in [2.24, 2.45) is 4.99 Å². The Morgan fingerprint density at radius 3 is 2.52 bits per heavy atom. The molecule has 2 unspecified atom stereocenters. The Balaban J connectivity index is 1.80. The van der Waals surface area contributed by atoms with E-state index in [9.17, 15) is 14.0 Å². The predicted octanol–water partition coefficient (Wildman–Crippen LogP) is 2.57. The van der Waals surface area contributed by atoms with Gasteiger partial charge >= 0.3 is 6.03 Å². The summed E-state index contributed by atoms with van der Waals surface area (Å²) in [6.45, 7) is 6.06. The Kier molecular flexibility index (Phi) is 3.94. The van der Waals surface area contributed by atoms with E-state index in [4.69, 9.17) is 0 Å². The van der Waals surface area contributed by atoms with Crippen molar-refractivity contribution < 1.29 is 14.0 Å². The zero-order chi connectivity index (χ0) is 19.5. The summed E-state index contributed by atoms with van der Waals surface area (Å²) in [5.74, 6) is -0.143. The summed E-state index contributed by atoms with van der Waals surface area (Å²) in [6, 6.07) is 5.50. The number of guanidine groups is 1. The standard InChI is InChI=1S/C19H22FN5O2/c1-5-10-23-17(26)15-16(22(4)19(23)27)21-18-24(11(2)12(3)25(15)18)14-9-7-6-8-13(14)20/h6-9,15-16H,5,10H2,1-4H3. The van der Waals surface area contributed by atoms with Crippen molar-refractivity contribution in [1.82, 2.24) is 14.7 Å². The van der Waals surface area contributed by atoms with Gasteiger partial charge in [0, 0.05) is 25.0 Å². The number of nitrogens with zero attached hydrogens (tertiary/aromatic N) is 5. The average Bonchev–Trinajstić information content (AvgIpc) is 3.14. The zero-order valence-corrected chi connectivity index (χ0v) is 15.8. The molecule has 7 nitrogen and oxygen atoms in total. The second-order valence-corrected chi connectivity index (χ2v) is 7.00. The molecule has 0 spiro atoms. The Morgan fingerprint density at radius 1 is 1.15 bits per heavy atom. The smallest absolute Gasteiger partial charge is 0.302 e. The first kappa shape index (κ1) is 17.5. The Morgan fingerprint density at radius 2 is 1.85 bits per heavy atom. The molecule has 1 aromatic carbocycles. The summed E-state index contributed by atoms with van der Waals surface area (Å²) in [7, 11) is 1.65. The molecule has 27 heavy (non-hydrogen) atoms. The largest absolute Gasteiger partial charge is 0.328 e. The molecule has 3 aliphatic heterocycles. The zero-order valence-electron chi connectivity index (χ0n) is 15.8. The van der Waals surface area contributed by atoms with E-state index in [0.29, 0.717) is 24.6 Å². The van der Waals surface area contributed by atoms with E-state index in [2.05, 4.69) is 4.99 Å². The fraction of sp³-hybridized carbons (Fsp3) is 0.421. The first-order valence-corrected chi connectivity index (χ1v) is 9.05. The number of anilines is 1. The summed E-state index contributed by atoms with van der Waals surface area (Å²) in [5, 5.41) is 0. The highest BCUT2D eigenvalue weighted by molar-refractivity contribution is 6.10. The molecule has 1 aromatic rings. The maximum atomic E-state index is 14.5. The molecule has 0 aliphatic carbocycles. The molecule has 3 heterocycles. The highest BCUT2D eigenvalue weighted by atomic mass is 19.1. The number of hydrogen-bond donors (Lipinski definition) is 0. The van der Waals surface area contributed by atoms with Crippen LogP contribution in [0.4, 0.5) is 14.9 Å². The van der Waals surface area contributed by atoms with Gasteiger partial charge < -0.3 is 4.90 Å². The fourth-order valence-corrected chi connectivity index (χ4v) is 3.96. The van der Waals surface area contributed by atoms with Crippen LogP contribution in [0.25, 0.3) is 0 Å². The molecule has 3 aliphatic rings. The molecule has 0 saturated carbocycles. The van der Waals surface area contributed by atoms with Crippen LogP contribution >= 0.6 is 0 Å². The second-order valence-electron chi connectivity index (χ2n) is 7.00. The van der Waals surface area contributed by atoms with Crippen LogP contribution in [0.3, 0.4) is 0 Å². The second kappa shape index (κ2) is 6.07. The lowest BCUT2D eigenvalue weighted by molar-refractivity contribution is -0.136. The van der Waals surface area contributed by atoms with Crippen molar-refractivity contribution in [3.8, 4) is 0 Å². The molecule has 8 heteroatoms. The van der Waals surface area contributed by atoms with Gasteiger partial charge in [-0.2, -0.15) is 0 Å². The SMILES string of the molecule is CCCN1C(=O)C2C(N=C3N(c4ccccc4F)C(C)=C(C)N32)N(C)C1=O. The van der Waals surface area contributed by atoms with Crippen LogP contribution in [-0.4, -0.2) is 58.4 Å². The van der Waals surface area contributed by atoms with Gasteiger partial charge in [-0.05, 0) is 32.4 Å². The quantitative estimate of drug-likeness (QED) is 0.819. The number of halogens is 1. The van der Waals surface area contributed by atoms with E-state index in [1.165, 1.54) is 15.9 Å². The van der Waals surface area contributed by atoms with Gasteiger partial charge in [0.05, 0.1) is 5.69 Å². The van der Waals surface area contributed by atoms with E-state index in [-0.39, 0.29) is 17.8 Å². The van der Waals surface area contributed by atoms with E-state index < -0.39 is 12.2 Å². The Hall–Kier alpha value is -2.90. The average molecular weight is 371 g/mol. The minimum absolute atomic E-state index is 0.258. The maximum absolute atomic E-state index is 14.5. The molecule has 2 atom stereocenters. The van der Waals surface area contributed by atoms with Crippen LogP contribution in [0.2, 0.25) is 0 Å². The van der Waals surface area contributed by atoms with Crippen LogP contribution in [0.5, 0.6) is 0 Å². The predicted molar refractivity (Wildman–Crippen MR) is 99.3 cm³/mol. The number of carbonyl (C=O) groups is 2. The number of para-hydroxylation sites is 1. The van der Waals surface area contributed by atoms with E-state index in [1.54, 1.807) is 30.1 Å². The molecule has 4 rings (SSSR count). The first-order chi connectivity index (χ1) is 12.9. The van der Waals surface area contributed by atoms with Crippen molar-refractivity contribution in [3.05, 3.63) is 41.5 Å². The normalized spacial score (nSPS) is 24.7. The van der Waals surface area contributed by atoms with E-state index in [1.807, 2.05) is 25.7 Å². The van der Waals surface area contributed by atoms with Crippen LogP contribution < -0.4 is 4.90 Å². The number of amides is 3. The highest BCUT2D eigenvalue weighted by Crippen LogP contribution is 2.40. The lowest BCUT2D eigenvalue weighted by Crippen LogP contribution is -2.64. The molecule has 0 N–H and O–H groups in total. The fourth-order valence-electron chi connectivity index (χ4n) is 3.96. The number of likely N-dealkylation sites (N-methyl/N-ethyl adjacent to an activating group) is 1. The topological polar surface area (TPSA) is 59.5 Å². The molecule has 3 amide bonds. The third kappa shape index (κ3) is 2.28. The van der Waals surface area contributed by atoms with E-state index in [0.717, 1.165) is 11.4 Å². The van der Waals surface area contributed by atoms with Gasteiger partial charge in [0.1, 0.15) is 5.82 Å². The van der Waals surface area contributed by atoms with Crippen molar-refractivity contribution in [3.63, 3.8) is 0 Å². The Labute approximate surface area is 157 Å². The third-order valence-electron chi connectivity index (χ3n) is 5.43. The van der Waals surface area contributed by atoms with E-state index >= 15 is 0 Å². The molecular formula is C19H22FN5O2. The Bertz CT molecular complexity index is 896. The number of aliphatic imine (C=N–C) groups is 1. The molecule has 142 valence electrons. The van der Waals surface area contributed by atoms with Gasteiger partial charge in [-0.3, -0.25) is 19.5 Å². The number of benzene rings is 1. The maximum Gasteiger partial charge on any atom is 0.328 e. The molecule has 0 aromatic heterocycles. The molecule has 1 fully saturated rings. The summed E-state index contributed by atoms with van der Waals surface area (Å²) in [6.07, 6.45) is 0.0662. The van der Waals surface area contributed by atoms with Gasteiger partial charge in [-0.25, -0.2) is 14.2 Å². The van der Waals surface area contributed by atoms with Gasteiger partial charge in [0.15, 0.2) is 12.2 Å². The minimum atomic E-state index is -0.624. The lowest BCUT2D eigenvalue weighted by Gasteiger charge is -2.40. The third-order valence-corrected chi connectivity index (χ3v) is 5.43. The van der Waals surface area contributed by atoms with Crippen molar-refractivity contribution in [2.75, 3.05) is 18.5 Å². The van der Waals surface area contributed by atoms with Gasteiger partial charge in [-0.1, -0.05) is 19.1 Å². The molecule has 0 radical (unpaired) electrons. The van der Waals surface area contributed by atoms with Crippen LogP contribution in [0, 0.1) is 5.82 Å². The summed E-state index contributed by atoms with van der Waals surface area (Å²) < 4.78 is 14.5. The molecule has 0 bridgehead atoms. The van der Waals surface area contributed by atoms with Crippen LogP contribution in [0.15, 0.2) is 40.7 Å². The lowest BCUT2D eigenvalue weighted by atomic mass is 10.1. The molecule has 1 saturated heterocycles. The van der Waals surface area contributed by atoms with Crippen molar-refractivity contribution in [2.45, 2.75) is 39.4 Å². The highest BCUT2D eigenvalue weighted by Gasteiger charge is 2.55. The first-order valence-electron chi connectivity index (χ1n) is 9.05. The van der Waals surface area contributed by atoms with Crippen molar-refractivity contribution >= 4 is 23.6 Å². The minimum Gasteiger partial charge on any atom is -0.302 e. The number of urea groups is 1. The number of allylic oxidation sites excluding steroid dienone is 2. The summed E-state index contributed by atoms with van der Waals surface area (Å²) >= 11 is 0. The van der Waals surface area contributed by atoms with Gasteiger partial charge in [-0.15, -0.1) is 0 Å². The summed E-state index contributed by atoms with van der Waals surface area (Å²) in [5.41, 5.74) is 2.02. The number of carbonyl (C=O) groups excluding carboxylic acids is 2. The van der Waals surface area contributed by atoms with Gasteiger partial charge in [0.25, 0.3) is 5.91 Å². The van der Waals surface area contributed by atoms with Crippen molar-refractivity contribution in [1.29, 1.82) is 0 Å². The van der Waals surface area contributed by atoms with Crippen LogP contribution in [-0.2, 0) is 4.79 Å². The number of hydrogen-bond acceptors (Lipinski definition) is 5. The van der Waals surface area contributed by atoms with Crippen LogP contribution in [0.1, 0.15) is 27.2 Å². The number of rotatable bonds is 3. The molecular weight excluding hydrogens is 349 g/mol. The summed E-state index contributed by atoms with van der Waals surface area (Å²) in [4.78, 5) is 36.7. The number of imide groups is 1. The van der Waals surface area contributed by atoms with Gasteiger partial charge in [0.2, 0.25) is 5.96 Å².